The average Bonchev–Trinajstić information content (AvgIpc) is 2.86. The fraction of sp³-hybridized carbons (Fsp3) is 0.154. The lowest BCUT2D eigenvalue weighted by molar-refractivity contribution is 0.102. The summed E-state index contributed by atoms with van der Waals surface area (Å²) in [4.78, 5) is 14.7. The first-order valence-electron chi connectivity index (χ1n) is 5.51. The van der Waals surface area contributed by atoms with E-state index in [-0.39, 0.29) is 5.91 Å². The van der Waals surface area contributed by atoms with E-state index < -0.39 is 0 Å². The molecule has 2 N–H and O–H groups in total. The molecule has 0 aliphatic rings. The van der Waals surface area contributed by atoms with E-state index in [9.17, 15) is 4.79 Å². The first kappa shape index (κ1) is 13.3. The highest BCUT2D eigenvalue weighted by atomic mass is 35.5. The highest BCUT2D eigenvalue weighted by Gasteiger charge is 2.12. The first-order valence-corrected chi connectivity index (χ1v) is 5.89. The Balaban J connectivity index is 2.21. The fourth-order valence-corrected chi connectivity index (χ4v) is 1.75. The number of aromatic amines is 1. The number of halogens is 1. The van der Waals surface area contributed by atoms with E-state index in [0.29, 0.717) is 27.9 Å². The first-order chi connectivity index (χ1) is 9.13. The molecule has 1 aromatic heterocycles. The van der Waals surface area contributed by atoms with Crippen LogP contribution in [0.5, 0.6) is 11.5 Å². The van der Waals surface area contributed by atoms with Gasteiger partial charge in [0.15, 0.2) is 0 Å². The summed E-state index contributed by atoms with van der Waals surface area (Å²) in [7, 11) is 3.09. The third-order valence-corrected chi connectivity index (χ3v) is 2.77. The lowest BCUT2D eigenvalue weighted by Crippen LogP contribution is -2.12. The molecule has 100 valence electrons. The Morgan fingerprint density at radius 3 is 2.63 bits per heavy atom. The maximum Gasteiger partial charge on any atom is 0.272 e. The standard InChI is InChI=1S/C13H13ClN2O3/c1-18-9-3-4-10(12(6-9)19-2)16-13(17)11-5-8(14)7-15-11/h3-7,15H,1-2H3,(H,16,17). The van der Waals surface area contributed by atoms with Crippen molar-refractivity contribution in [2.45, 2.75) is 0 Å². The van der Waals surface area contributed by atoms with Gasteiger partial charge in [0.2, 0.25) is 0 Å². The van der Waals surface area contributed by atoms with E-state index in [0.717, 1.165) is 0 Å². The SMILES string of the molecule is COc1ccc(NC(=O)c2cc(Cl)c[nH]2)c(OC)c1. The van der Waals surface area contributed by atoms with Crippen LogP contribution in [0.2, 0.25) is 5.02 Å². The van der Waals surface area contributed by atoms with Gasteiger partial charge in [-0.15, -0.1) is 0 Å². The second-order valence-corrected chi connectivity index (χ2v) is 4.19. The van der Waals surface area contributed by atoms with Crippen molar-refractivity contribution in [3.63, 3.8) is 0 Å². The minimum atomic E-state index is -0.296. The van der Waals surface area contributed by atoms with Crippen LogP contribution in [0.15, 0.2) is 30.5 Å². The molecule has 0 saturated heterocycles. The van der Waals surface area contributed by atoms with E-state index in [1.807, 2.05) is 0 Å². The summed E-state index contributed by atoms with van der Waals surface area (Å²) in [5.41, 5.74) is 0.932. The predicted octanol–water partition coefficient (Wildman–Crippen LogP) is 2.94. The average molecular weight is 281 g/mol. The molecule has 6 heteroatoms. The van der Waals surface area contributed by atoms with Crippen molar-refractivity contribution in [3.05, 3.63) is 41.2 Å². The van der Waals surface area contributed by atoms with Gasteiger partial charge in [0.25, 0.3) is 5.91 Å². The van der Waals surface area contributed by atoms with Gasteiger partial charge in [0.05, 0.1) is 24.9 Å². The Bertz CT molecular complexity index is 595. The van der Waals surface area contributed by atoms with Crippen LogP contribution in [0.25, 0.3) is 0 Å². The molecular weight excluding hydrogens is 268 g/mol. The minimum Gasteiger partial charge on any atom is -0.497 e. The molecule has 0 fully saturated rings. The molecule has 5 nitrogen and oxygen atoms in total. The topological polar surface area (TPSA) is 63.3 Å². The fourth-order valence-electron chi connectivity index (χ4n) is 1.59. The van der Waals surface area contributed by atoms with E-state index in [1.165, 1.54) is 7.11 Å². The summed E-state index contributed by atoms with van der Waals surface area (Å²) in [5.74, 6) is 0.874. The molecule has 0 aliphatic heterocycles. The molecule has 1 heterocycles. The van der Waals surface area contributed by atoms with E-state index in [1.54, 1.807) is 37.6 Å². The monoisotopic (exact) mass is 280 g/mol. The van der Waals surface area contributed by atoms with Gasteiger partial charge in [-0.2, -0.15) is 0 Å². The molecule has 0 saturated carbocycles. The number of nitrogens with one attached hydrogen (secondary N) is 2. The van der Waals surface area contributed by atoms with Crippen molar-refractivity contribution in [1.29, 1.82) is 0 Å². The van der Waals surface area contributed by atoms with Gasteiger partial charge < -0.3 is 19.8 Å². The number of H-pyrrole nitrogens is 1. The number of ether oxygens (including phenoxy) is 2. The number of benzene rings is 1. The lowest BCUT2D eigenvalue weighted by atomic mass is 10.2. The lowest BCUT2D eigenvalue weighted by Gasteiger charge is -2.11. The summed E-state index contributed by atoms with van der Waals surface area (Å²) in [6.45, 7) is 0. The van der Waals surface area contributed by atoms with Crippen molar-refractivity contribution < 1.29 is 14.3 Å². The van der Waals surface area contributed by atoms with Crippen molar-refractivity contribution >= 4 is 23.2 Å². The van der Waals surface area contributed by atoms with Crippen LogP contribution >= 0.6 is 11.6 Å². The molecule has 0 unspecified atom stereocenters. The maximum atomic E-state index is 12.0. The molecule has 0 radical (unpaired) electrons. The van der Waals surface area contributed by atoms with Crippen LogP contribution < -0.4 is 14.8 Å². The normalized spacial score (nSPS) is 10.1. The molecule has 2 aromatic rings. The number of carbonyl (C=O) groups is 1. The van der Waals surface area contributed by atoms with Crippen LogP contribution in [0, 0.1) is 0 Å². The van der Waals surface area contributed by atoms with Gasteiger partial charge in [-0.05, 0) is 18.2 Å². The predicted molar refractivity (Wildman–Crippen MR) is 73.3 cm³/mol. The van der Waals surface area contributed by atoms with E-state index in [2.05, 4.69) is 10.3 Å². The highest BCUT2D eigenvalue weighted by Crippen LogP contribution is 2.29. The number of anilines is 1. The zero-order valence-electron chi connectivity index (χ0n) is 10.5. The third kappa shape index (κ3) is 3.00. The Morgan fingerprint density at radius 2 is 2.05 bits per heavy atom. The molecule has 0 bridgehead atoms. The maximum absolute atomic E-state index is 12.0. The van der Waals surface area contributed by atoms with Crippen molar-refractivity contribution in [2.75, 3.05) is 19.5 Å². The third-order valence-electron chi connectivity index (χ3n) is 2.55. The number of hydrogen-bond donors (Lipinski definition) is 2. The summed E-state index contributed by atoms with van der Waals surface area (Å²) in [6.07, 6.45) is 1.54. The zero-order chi connectivity index (χ0) is 13.8. The Kier molecular flexibility index (Phi) is 3.97. The molecule has 0 spiro atoms. The van der Waals surface area contributed by atoms with Crippen LogP contribution in [0.3, 0.4) is 0 Å². The van der Waals surface area contributed by atoms with Crippen LogP contribution in [0.4, 0.5) is 5.69 Å². The second-order valence-electron chi connectivity index (χ2n) is 3.75. The van der Waals surface area contributed by atoms with Crippen LogP contribution in [-0.4, -0.2) is 25.1 Å². The van der Waals surface area contributed by atoms with E-state index in [4.69, 9.17) is 21.1 Å². The number of aromatic nitrogens is 1. The summed E-state index contributed by atoms with van der Waals surface area (Å²) < 4.78 is 10.3. The summed E-state index contributed by atoms with van der Waals surface area (Å²) in [5, 5.41) is 3.21. The van der Waals surface area contributed by atoms with Crippen molar-refractivity contribution in [2.24, 2.45) is 0 Å². The number of amides is 1. The summed E-state index contributed by atoms with van der Waals surface area (Å²) in [6, 6.07) is 6.68. The Hall–Kier alpha value is -2.14. The van der Waals surface area contributed by atoms with Gasteiger partial charge in [-0.1, -0.05) is 11.6 Å². The zero-order valence-corrected chi connectivity index (χ0v) is 11.2. The van der Waals surface area contributed by atoms with Crippen molar-refractivity contribution in [1.82, 2.24) is 4.98 Å². The second kappa shape index (κ2) is 5.67. The van der Waals surface area contributed by atoms with Crippen molar-refractivity contribution in [3.8, 4) is 11.5 Å². The Labute approximate surface area is 115 Å². The Morgan fingerprint density at radius 1 is 1.26 bits per heavy atom. The molecule has 2 rings (SSSR count). The molecule has 1 amide bonds. The van der Waals surface area contributed by atoms with Gasteiger partial charge in [-0.25, -0.2) is 0 Å². The number of rotatable bonds is 4. The van der Waals surface area contributed by atoms with Crippen LogP contribution in [0.1, 0.15) is 10.5 Å². The van der Waals surface area contributed by atoms with E-state index >= 15 is 0 Å². The van der Waals surface area contributed by atoms with Gasteiger partial charge in [-0.3, -0.25) is 4.79 Å². The molecule has 0 atom stereocenters. The van der Waals surface area contributed by atoms with Gasteiger partial charge in [0.1, 0.15) is 17.2 Å². The van der Waals surface area contributed by atoms with Gasteiger partial charge in [0, 0.05) is 12.3 Å². The highest BCUT2D eigenvalue weighted by molar-refractivity contribution is 6.31. The number of hydrogen-bond acceptors (Lipinski definition) is 3. The smallest absolute Gasteiger partial charge is 0.272 e. The molecule has 19 heavy (non-hydrogen) atoms. The quantitative estimate of drug-likeness (QED) is 0.905. The summed E-state index contributed by atoms with van der Waals surface area (Å²) >= 11 is 5.75. The molecule has 1 aromatic carbocycles. The number of carbonyl (C=O) groups excluding carboxylic acids is 1. The number of methoxy groups -OCH3 is 2. The largest absolute Gasteiger partial charge is 0.497 e. The minimum absolute atomic E-state index is 0.296. The molecular formula is C13H13ClN2O3. The van der Waals surface area contributed by atoms with Gasteiger partial charge >= 0.3 is 0 Å². The molecule has 0 aliphatic carbocycles. The van der Waals surface area contributed by atoms with Crippen LogP contribution in [-0.2, 0) is 0 Å².